The quantitative estimate of drug-likeness (QED) is 0.670. The summed E-state index contributed by atoms with van der Waals surface area (Å²) in [4.78, 5) is 13.2. The number of amides is 1. The monoisotopic (exact) mass is 413 g/mol. The fourth-order valence-electron chi connectivity index (χ4n) is 3.18. The fraction of sp³-hybridized carbons (Fsp3) is 0.250. The van der Waals surface area contributed by atoms with Crippen molar-refractivity contribution in [3.63, 3.8) is 0 Å². The molecule has 28 heavy (non-hydrogen) atoms. The summed E-state index contributed by atoms with van der Waals surface area (Å²) in [6, 6.07) is 15.1. The molecule has 144 valence electrons. The number of carbonyl (C=O) groups is 1. The van der Waals surface area contributed by atoms with Crippen molar-refractivity contribution in [2.24, 2.45) is 0 Å². The van der Waals surface area contributed by atoms with Gasteiger partial charge in [0.25, 0.3) is 0 Å². The van der Waals surface area contributed by atoms with Gasteiger partial charge in [0.15, 0.2) is 5.82 Å². The van der Waals surface area contributed by atoms with E-state index in [9.17, 15) is 4.79 Å². The molecule has 0 saturated heterocycles. The highest BCUT2D eigenvalue weighted by Gasteiger charge is 2.37. The number of hydrogen-bond donors (Lipinski definition) is 2. The molecular weight excluding hydrogens is 394 g/mol. The average molecular weight is 414 g/mol. The van der Waals surface area contributed by atoms with Gasteiger partial charge >= 0.3 is 0 Å². The van der Waals surface area contributed by atoms with E-state index in [1.54, 1.807) is 0 Å². The molecule has 1 aromatic heterocycles. The second-order valence-corrected chi connectivity index (χ2v) is 8.19. The summed E-state index contributed by atoms with van der Waals surface area (Å²) < 4.78 is 1.88. The molecule has 0 unspecified atom stereocenters. The lowest BCUT2D eigenvalue weighted by Crippen LogP contribution is -2.41. The summed E-state index contributed by atoms with van der Waals surface area (Å²) in [5.41, 5.74) is 6.27. The number of thioether (sulfide) groups is 1. The molecule has 6 nitrogen and oxygen atoms in total. The second kappa shape index (κ2) is 7.85. The van der Waals surface area contributed by atoms with Gasteiger partial charge in [-0.25, -0.2) is 4.68 Å². The Morgan fingerprint density at radius 2 is 2.04 bits per heavy atom. The number of aromatic nitrogens is 3. The van der Waals surface area contributed by atoms with E-state index in [1.165, 1.54) is 11.8 Å². The molecule has 3 aromatic rings. The number of anilines is 1. The first kappa shape index (κ1) is 18.8. The van der Waals surface area contributed by atoms with Gasteiger partial charge in [-0.1, -0.05) is 54.6 Å². The van der Waals surface area contributed by atoms with Crippen molar-refractivity contribution < 1.29 is 4.79 Å². The largest absolute Gasteiger partial charge is 0.325 e. The third-order valence-corrected chi connectivity index (χ3v) is 6.06. The van der Waals surface area contributed by atoms with E-state index in [1.807, 2.05) is 67.1 Å². The predicted octanol–water partition coefficient (Wildman–Crippen LogP) is 4.20. The number of carbonyl (C=O) groups excluding carboxylic acids is 1. The molecule has 4 rings (SSSR count). The van der Waals surface area contributed by atoms with Crippen molar-refractivity contribution in [3.8, 4) is 0 Å². The normalized spacial score (nSPS) is 18.2. The van der Waals surface area contributed by atoms with Gasteiger partial charge < -0.3 is 10.7 Å². The summed E-state index contributed by atoms with van der Waals surface area (Å²) in [5.74, 6) is 0.745. The van der Waals surface area contributed by atoms with Crippen molar-refractivity contribution in [2.45, 2.75) is 36.7 Å². The average Bonchev–Trinajstić information content (AvgIpc) is 3.09. The van der Waals surface area contributed by atoms with Crippen molar-refractivity contribution in [3.05, 3.63) is 70.5 Å². The standard InChI is InChI=1S/C20H20ClN5OS/c1-3-16-23-24-20-26(16)25-17(13-7-9-14(21)10-8-13)18(28-20)19(27)22-15-6-4-5-12(2)11-15/h4-11,17-18,25H,3H2,1-2H3,(H,22,27)/t17-,18+/m1/s1. The SMILES string of the molecule is CCc1nnc2n1N[C@H](c1ccc(Cl)cc1)[C@@H](C(=O)Nc1cccc(C)c1)S2. The second-order valence-electron chi connectivity index (χ2n) is 6.64. The summed E-state index contributed by atoms with van der Waals surface area (Å²) in [6.45, 7) is 4.02. The fourth-order valence-corrected chi connectivity index (χ4v) is 4.41. The highest BCUT2D eigenvalue weighted by molar-refractivity contribution is 8.00. The summed E-state index contributed by atoms with van der Waals surface area (Å²) in [5, 5.41) is 12.4. The van der Waals surface area contributed by atoms with Crippen molar-refractivity contribution in [1.82, 2.24) is 14.9 Å². The molecule has 0 saturated carbocycles. The molecule has 1 aliphatic heterocycles. The molecule has 2 heterocycles. The minimum Gasteiger partial charge on any atom is -0.325 e. The highest BCUT2D eigenvalue weighted by atomic mass is 35.5. The zero-order valence-corrected chi connectivity index (χ0v) is 17.1. The van der Waals surface area contributed by atoms with Crippen LogP contribution in [0.2, 0.25) is 5.02 Å². The van der Waals surface area contributed by atoms with Crippen LogP contribution in [0.4, 0.5) is 5.69 Å². The van der Waals surface area contributed by atoms with E-state index in [0.29, 0.717) is 10.2 Å². The van der Waals surface area contributed by atoms with Gasteiger partial charge in [-0.2, -0.15) is 0 Å². The predicted molar refractivity (Wildman–Crippen MR) is 112 cm³/mol. The number of nitrogens with zero attached hydrogens (tertiary/aromatic N) is 3. The Morgan fingerprint density at radius 3 is 2.75 bits per heavy atom. The Balaban J connectivity index is 1.67. The van der Waals surface area contributed by atoms with Crippen LogP contribution in [0, 0.1) is 6.92 Å². The molecule has 1 amide bonds. The molecule has 0 bridgehead atoms. The Hall–Kier alpha value is -2.51. The summed E-state index contributed by atoms with van der Waals surface area (Å²) in [6.07, 6.45) is 0.744. The number of aryl methyl sites for hydroxylation is 2. The van der Waals surface area contributed by atoms with Gasteiger partial charge in [-0.05, 0) is 42.3 Å². The van der Waals surface area contributed by atoms with Crippen LogP contribution in [-0.2, 0) is 11.2 Å². The number of benzene rings is 2. The lowest BCUT2D eigenvalue weighted by atomic mass is 10.0. The van der Waals surface area contributed by atoms with Gasteiger partial charge in [0.1, 0.15) is 5.25 Å². The summed E-state index contributed by atoms with van der Waals surface area (Å²) in [7, 11) is 0. The smallest absolute Gasteiger partial charge is 0.240 e. The Labute approximate surface area is 172 Å². The Kier molecular flexibility index (Phi) is 5.28. The molecule has 0 aliphatic carbocycles. The zero-order chi connectivity index (χ0) is 19.7. The maximum atomic E-state index is 13.2. The number of fused-ring (bicyclic) bond motifs is 1. The Bertz CT molecular complexity index is 1000. The van der Waals surface area contributed by atoms with Gasteiger partial charge in [0.2, 0.25) is 11.1 Å². The minimum absolute atomic E-state index is 0.0876. The van der Waals surface area contributed by atoms with E-state index in [-0.39, 0.29) is 11.9 Å². The van der Waals surface area contributed by atoms with Gasteiger partial charge in [0, 0.05) is 17.1 Å². The van der Waals surface area contributed by atoms with Crippen LogP contribution in [0.1, 0.15) is 29.9 Å². The number of hydrogen-bond acceptors (Lipinski definition) is 5. The molecule has 2 aromatic carbocycles. The minimum atomic E-state index is -0.414. The number of halogens is 1. The lowest BCUT2D eigenvalue weighted by Gasteiger charge is -2.33. The first-order valence-electron chi connectivity index (χ1n) is 9.05. The molecule has 2 atom stereocenters. The maximum Gasteiger partial charge on any atom is 0.240 e. The lowest BCUT2D eigenvalue weighted by molar-refractivity contribution is -0.116. The van der Waals surface area contributed by atoms with Crippen molar-refractivity contribution in [2.75, 3.05) is 10.7 Å². The van der Waals surface area contributed by atoms with Crippen LogP contribution in [-0.4, -0.2) is 26.0 Å². The molecule has 2 N–H and O–H groups in total. The maximum absolute atomic E-state index is 13.2. The highest BCUT2D eigenvalue weighted by Crippen LogP contribution is 2.37. The Morgan fingerprint density at radius 1 is 1.25 bits per heavy atom. The zero-order valence-electron chi connectivity index (χ0n) is 15.5. The van der Waals surface area contributed by atoms with Gasteiger partial charge in [-0.3, -0.25) is 4.79 Å². The first-order chi connectivity index (χ1) is 13.5. The van der Waals surface area contributed by atoms with Crippen molar-refractivity contribution in [1.29, 1.82) is 0 Å². The van der Waals surface area contributed by atoms with E-state index in [4.69, 9.17) is 11.6 Å². The molecular formula is C20H20ClN5OS. The van der Waals surface area contributed by atoms with Gasteiger partial charge in [0.05, 0.1) is 6.04 Å². The van der Waals surface area contributed by atoms with Gasteiger partial charge in [-0.15, -0.1) is 10.2 Å². The molecule has 8 heteroatoms. The van der Waals surface area contributed by atoms with E-state index >= 15 is 0 Å². The van der Waals surface area contributed by atoms with Crippen LogP contribution >= 0.6 is 23.4 Å². The van der Waals surface area contributed by atoms with Crippen LogP contribution in [0.3, 0.4) is 0 Å². The number of nitrogens with one attached hydrogen (secondary N) is 2. The summed E-state index contributed by atoms with van der Waals surface area (Å²) >= 11 is 7.47. The molecule has 0 spiro atoms. The van der Waals surface area contributed by atoms with Crippen LogP contribution in [0.25, 0.3) is 0 Å². The topological polar surface area (TPSA) is 71.8 Å². The van der Waals surface area contributed by atoms with Crippen molar-refractivity contribution >= 4 is 35.0 Å². The van der Waals surface area contributed by atoms with E-state index in [2.05, 4.69) is 20.9 Å². The third-order valence-electron chi connectivity index (χ3n) is 4.59. The molecule has 0 fully saturated rings. The van der Waals surface area contributed by atoms with Crippen LogP contribution in [0.15, 0.2) is 53.7 Å². The van der Waals surface area contributed by atoms with Crippen LogP contribution < -0.4 is 10.7 Å². The van der Waals surface area contributed by atoms with E-state index < -0.39 is 5.25 Å². The first-order valence-corrected chi connectivity index (χ1v) is 10.3. The third kappa shape index (κ3) is 3.72. The van der Waals surface area contributed by atoms with E-state index in [0.717, 1.165) is 29.1 Å². The number of rotatable bonds is 4. The molecule has 0 radical (unpaired) electrons. The molecule has 1 aliphatic rings. The van der Waals surface area contributed by atoms with Crippen LogP contribution in [0.5, 0.6) is 0 Å².